The van der Waals surface area contributed by atoms with Crippen molar-refractivity contribution in [2.75, 3.05) is 18.4 Å². The molecule has 2 N–H and O–H groups in total. The van der Waals surface area contributed by atoms with Crippen molar-refractivity contribution in [3.05, 3.63) is 70.2 Å². The minimum Gasteiger partial charge on any atom is -0.331 e. The lowest BCUT2D eigenvalue weighted by Crippen LogP contribution is -2.30. The number of hydrogen-bond donors (Lipinski definition) is 2. The third-order valence-corrected chi connectivity index (χ3v) is 7.77. The lowest BCUT2D eigenvalue weighted by Gasteiger charge is -2.18. The molecule has 0 spiro atoms. The summed E-state index contributed by atoms with van der Waals surface area (Å²) in [6, 6.07) is 15.4. The van der Waals surface area contributed by atoms with Gasteiger partial charge in [-0.3, -0.25) is 4.79 Å². The maximum absolute atomic E-state index is 12.7. The Kier molecular flexibility index (Phi) is 7.97. The summed E-state index contributed by atoms with van der Waals surface area (Å²) in [4.78, 5) is 17.3. The van der Waals surface area contributed by atoms with Gasteiger partial charge in [0.2, 0.25) is 10.0 Å². The number of hydrazone groups is 1. The second-order valence-corrected chi connectivity index (χ2v) is 9.81. The third kappa shape index (κ3) is 5.71. The van der Waals surface area contributed by atoms with Gasteiger partial charge in [-0.2, -0.15) is 9.41 Å². The van der Waals surface area contributed by atoms with Crippen molar-refractivity contribution >= 4 is 55.9 Å². The molecular weight excluding hydrogens is 470 g/mol. The van der Waals surface area contributed by atoms with Gasteiger partial charge in [-0.05, 0) is 30.3 Å². The molecule has 0 saturated carbocycles. The predicted octanol–water partition coefficient (Wildman–Crippen LogP) is 4.33. The predicted molar refractivity (Wildman–Crippen MR) is 128 cm³/mol. The van der Waals surface area contributed by atoms with Gasteiger partial charge in [-0.1, -0.05) is 61.1 Å². The number of amides is 1. The number of benzene rings is 2. The number of anilines is 2. The van der Waals surface area contributed by atoms with Crippen molar-refractivity contribution in [1.82, 2.24) is 14.7 Å². The number of thiazole rings is 1. The summed E-state index contributed by atoms with van der Waals surface area (Å²) in [5.41, 5.74) is 3.44. The van der Waals surface area contributed by atoms with E-state index in [9.17, 15) is 13.2 Å². The number of para-hydroxylation sites is 1. The Hall–Kier alpha value is -2.79. The topological polar surface area (TPSA) is 104 Å². The van der Waals surface area contributed by atoms with Gasteiger partial charge < -0.3 is 5.32 Å². The van der Waals surface area contributed by atoms with E-state index >= 15 is 0 Å². The van der Waals surface area contributed by atoms with Crippen LogP contribution in [0.4, 0.5) is 10.8 Å². The van der Waals surface area contributed by atoms with Crippen molar-refractivity contribution in [3.8, 4) is 0 Å². The summed E-state index contributed by atoms with van der Waals surface area (Å²) in [6.07, 6.45) is 1.39. The first-order valence-corrected chi connectivity index (χ1v) is 12.4. The molecule has 168 valence electrons. The van der Waals surface area contributed by atoms with Crippen molar-refractivity contribution in [2.24, 2.45) is 5.10 Å². The summed E-state index contributed by atoms with van der Waals surface area (Å²) >= 11 is 7.43. The molecule has 11 heteroatoms. The maximum Gasteiger partial charge on any atom is 0.271 e. The standard InChI is InChI=1S/C21H22ClN5O3S2/c1-3-27(4-2)32(29,30)17-12-8-9-15(13-17)20(28)26-23-14-18-19(22)25-21(31-18)24-16-10-6-5-7-11-16/h5-14H,3-4H2,1-2H3,(H,24,25)(H,26,28)/b23-14+. The smallest absolute Gasteiger partial charge is 0.271 e. The number of hydrogen-bond acceptors (Lipinski definition) is 7. The van der Waals surface area contributed by atoms with Crippen LogP contribution in [-0.2, 0) is 10.0 Å². The molecule has 0 unspecified atom stereocenters. The molecule has 0 saturated heterocycles. The maximum atomic E-state index is 12.7. The van der Waals surface area contributed by atoms with Gasteiger partial charge in [0.15, 0.2) is 10.3 Å². The normalized spacial score (nSPS) is 11.8. The molecule has 0 bridgehead atoms. The molecule has 0 aliphatic rings. The highest BCUT2D eigenvalue weighted by atomic mass is 35.5. The van der Waals surface area contributed by atoms with E-state index in [0.717, 1.165) is 5.69 Å². The zero-order chi connectivity index (χ0) is 23.1. The summed E-state index contributed by atoms with van der Waals surface area (Å²) in [5, 5.41) is 7.91. The van der Waals surface area contributed by atoms with Crippen LogP contribution < -0.4 is 10.7 Å². The molecule has 3 rings (SSSR count). The number of carbonyl (C=O) groups is 1. The Balaban J connectivity index is 1.69. The number of aromatic nitrogens is 1. The highest BCUT2D eigenvalue weighted by Crippen LogP contribution is 2.27. The minimum absolute atomic E-state index is 0.0555. The van der Waals surface area contributed by atoms with Gasteiger partial charge in [0, 0.05) is 24.3 Å². The van der Waals surface area contributed by atoms with Crippen LogP contribution >= 0.6 is 22.9 Å². The highest BCUT2D eigenvalue weighted by molar-refractivity contribution is 7.89. The summed E-state index contributed by atoms with van der Waals surface area (Å²) in [6.45, 7) is 4.21. The van der Waals surface area contributed by atoms with Gasteiger partial charge >= 0.3 is 0 Å². The Morgan fingerprint density at radius 1 is 1.16 bits per heavy atom. The summed E-state index contributed by atoms with van der Waals surface area (Å²) < 4.78 is 26.7. The SMILES string of the molecule is CCN(CC)S(=O)(=O)c1cccc(C(=O)N/N=C/c2sc(Nc3ccccc3)nc2Cl)c1. The van der Waals surface area contributed by atoms with Crippen LogP contribution in [0.5, 0.6) is 0 Å². The largest absolute Gasteiger partial charge is 0.331 e. The Morgan fingerprint density at radius 3 is 2.56 bits per heavy atom. The zero-order valence-electron chi connectivity index (χ0n) is 17.4. The first-order chi connectivity index (χ1) is 15.3. The molecule has 0 radical (unpaired) electrons. The number of sulfonamides is 1. The van der Waals surface area contributed by atoms with Gasteiger partial charge in [-0.25, -0.2) is 18.8 Å². The lowest BCUT2D eigenvalue weighted by molar-refractivity contribution is 0.0955. The average Bonchev–Trinajstić information content (AvgIpc) is 3.13. The van der Waals surface area contributed by atoms with Gasteiger partial charge in [0.25, 0.3) is 5.91 Å². The third-order valence-electron chi connectivity index (χ3n) is 4.42. The molecule has 0 aliphatic heterocycles. The van der Waals surface area contributed by atoms with Crippen molar-refractivity contribution in [3.63, 3.8) is 0 Å². The minimum atomic E-state index is -3.67. The van der Waals surface area contributed by atoms with Crippen LogP contribution in [0.3, 0.4) is 0 Å². The molecule has 1 heterocycles. The first-order valence-electron chi connectivity index (χ1n) is 9.77. The fourth-order valence-corrected chi connectivity index (χ4v) is 5.37. The fraction of sp³-hybridized carbons (Fsp3) is 0.190. The molecule has 3 aromatic rings. The van der Waals surface area contributed by atoms with Crippen LogP contribution in [0.1, 0.15) is 29.1 Å². The molecule has 0 atom stereocenters. The van der Waals surface area contributed by atoms with Crippen LogP contribution in [0.2, 0.25) is 5.15 Å². The van der Waals surface area contributed by atoms with Crippen LogP contribution in [0.25, 0.3) is 0 Å². The number of rotatable bonds is 9. The van der Waals surface area contributed by atoms with E-state index in [1.165, 1.54) is 46.1 Å². The number of halogens is 1. The van der Waals surface area contributed by atoms with Crippen molar-refractivity contribution in [2.45, 2.75) is 18.7 Å². The van der Waals surface area contributed by atoms with Crippen molar-refractivity contribution < 1.29 is 13.2 Å². The summed E-state index contributed by atoms with van der Waals surface area (Å²) in [5.74, 6) is -0.541. The molecule has 0 aliphatic carbocycles. The Morgan fingerprint density at radius 2 is 1.88 bits per heavy atom. The highest BCUT2D eigenvalue weighted by Gasteiger charge is 2.22. The van der Waals surface area contributed by atoms with E-state index in [-0.39, 0.29) is 15.6 Å². The average molecular weight is 492 g/mol. The molecule has 2 aromatic carbocycles. The van der Waals surface area contributed by atoms with E-state index in [1.54, 1.807) is 13.8 Å². The van der Waals surface area contributed by atoms with Crippen LogP contribution in [0.15, 0.2) is 64.6 Å². The summed E-state index contributed by atoms with van der Waals surface area (Å²) in [7, 11) is -3.67. The molecule has 0 fully saturated rings. The van der Waals surface area contributed by atoms with Gasteiger partial charge in [0.1, 0.15) is 0 Å². The van der Waals surface area contributed by atoms with E-state index in [1.807, 2.05) is 30.3 Å². The Bertz CT molecular complexity index is 1210. The molecule has 8 nitrogen and oxygen atoms in total. The first kappa shape index (κ1) is 23.9. The van der Waals surface area contributed by atoms with Crippen molar-refractivity contribution in [1.29, 1.82) is 0 Å². The molecular formula is C21H22ClN5O3S2. The second kappa shape index (κ2) is 10.7. The van der Waals surface area contributed by atoms with E-state index < -0.39 is 15.9 Å². The van der Waals surface area contributed by atoms with E-state index in [0.29, 0.717) is 23.1 Å². The molecule has 1 amide bonds. The fourth-order valence-electron chi connectivity index (χ4n) is 2.82. The lowest BCUT2D eigenvalue weighted by atomic mass is 10.2. The number of nitrogens with one attached hydrogen (secondary N) is 2. The quantitative estimate of drug-likeness (QED) is 0.342. The monoisotopic (exact) mass is 491 g/mol. The van der Waals surface area contributed by atoms with Gasteiger partial charge in [-0.15, -0.1) is 0 Å². The van der Waals surface area contributed by atoms with E-state index in [4.69, 9.17) is 11.6 Å². The number of carbonyl (C=O) groups excluding carboxylic acids is 1. The number of nitrogens with zero attached hydrogens (tertiary/aromatic N) is 3. The van der Waals surface area contributed by atoms with Crippen LogP contribution in [-0.4, -0.2) is 42.9 Å². The Labute approximate surface area is 196 Å². The molecule has 32 heavy (non-hydrogen) atoms. The van der Waals surface area contributed by atoms with Crippen LogP contribution in [0, 0.1) is 0 Å². The molecule has 1 aromatic heterocycles. The van der Waals surface area contributed by atoms with E-state index in [2.05, 4.69) is 20.8 Å². The second-order valence-electron chi connectivity index (χ2n) is 6.48. The zero-order valence-corrected chi connectivity index (χ0v) is 19.8. The van der Waals surface area contributed by atoms with Gasteiger partial charge in [0.05, 0.1) is 16.0 Å².